The average molecular weight is 207 g/mol. The predicted octanol–water partition coefficient (Wildman–Crippen LogP) is 1.61. The van der Waals surface area contributed by atoms with E-state index in [-0.39, 0.29) is 0 Å². The molecule has 0 saturated heterocycles. The summed E-state index contributed by atoms with van der Waals surface area (Å²) in [5.41, 5.74) is 2.67. The van der Waals surface area contributed by atoms with Gasteiger partial charge in [0.05, 0.1) is 6.04 Å². The molecule has 0 heterocycles. The Morgan fingerprint density at radius 1 is 1.20 bits per heavy atom. The van der Waals surface area contributed by atoms with Crippen molar-refractivity contribution in [1.29, 1.82) is 0 Å². The Hall–Kier alpha value is -1.02. The molecule has 0 unspecified atom stereocenters. The third-order valence-corrected chi connectivity index (χ3v) is 2.85. The maximum Gasteiger partial charge on any atom is 0.101 e. The van der Waals surface area contributed by atoms with Crippen LogP contribution in [0.3, 0.4) is 0 Å². The van der Waals surface area contributed by atoms with Crippen molar-refractivity contribution in [3.05, 3.63) is 29.8 Å². The lowest BCUT2D eigenvalue weighted by Gasteiger charge is -2.13. The summed E-state index contributed by atoms with van der Waals surface area (Å²) in [6.07, 6.45) is 1.23. The fraction of sp³-hybridized carbons (Fsp3) is 0.538. The quantitative estimate of drug-likeness (QED) is 0.777. The number of anilines is 1. The highest BCUT2D eigenvalue weighted by Gasteiger charge is 2.02. The lowest BCUT2D eigenvalue weighted by Crippen LogP contribution is -2.87. The van der Waals surface area contributed by atoms with Gasteiger partial charge in [-0.1, -0.05) is 19.1 Å². The fourth-order valence-corrected chi connectivity index (χ4v) is 1.43. The van der Waals surface area contributed by atoms with Gasteiger partial charge in [0.25, 0.3) is 0 Å². The van der Waals surface area contributed by atoms with Crippen LogP contribution in [0.1, 0.15) is 25.8 Å². The topological polar surface area (TPSA) is 19.9 Å². The Morgan fingerprint density at radius 3 is 2.27 bits per heavy atom. The van der Waals surface area contributed by atoms with E-state index >= 15 is 0 Å². The molecule has 0 aromatic heterocycles. The lowest BCUT2D eigenvalue weighted by atomic mass is 10.2. The molecule has 1 rings (SSSR count). The number of nitrogens with zero attached hydrogens (tertiary/aromatic N) is 1. The monoisotopic (exact) mass is 207 g/mol. The molecule has 1 aromatic rings. The molecule has 0 fully saturated rings. The highest BCUT2D eigenvalue weighted by molar-refractivity contribution is 5.45. The molecule has 0 amide bonds. The van der Waals surface area contributed by atoms with Crippen LogP contribution in [-0.4, -0.2) is 20.1 Å². The average Bonchev–Trinajstić information content (AvgIpc) is 2.26. The molecule has 1 atom stereocenters. The third-order valence-electron chi connectivity index (χ3n) is 2.85. The van der Waals surface area contributed by atoms with E-state index in [4.69, 9.17) is 0 Å². The Kier molecular flexibility index (Phi) is 4.63. The molecular formula is C13H23N2+. The minimum Gasteiger partial charge on any atom is -0.378 e. The van der Waals surface area contributed by atoms with Gasteiger partial charge in [0.2, 0.25) is 0 Å². The summed E-state index contributed by atoms with van der Waals surface area (Å²) >= 11 is 0. The second-order valence-corrected chi connectivity index (χ2v) is 4.39. The second kappa shape index (κ2) is 5.76. The van der Waals surface area contributed by atoms with E-state index in [1.807, 2.05) is 0 Å². The molecule has 0 bridgehead atoms. The zero-order valence-corrected chi connectivity index (χ0v) is 10.3. The van der Waals surface area contributed by atoms with Gasteiger partial charge in [-0.15, -0.1) is 0 Å². The van der Waals surface area contributed by atoms with Gasteiger partial charge in [0.15, 0.2) is 0 Å². The summed E-state index contributed by atoms with van der Waals surface area (Å²) in [5.74, 6) is 0. The van der Waals surface area contributed by atoms with E-state index in [0.29, 0.717) is 0 Å². The van der Waals surface area contributed by atoms with Gasteiger partial charge >= 0.3 is 0 Å². The van der Waals surface area contributed by atoms with Gasteiger partial charge in [0.1, 0.15) is 6.54 Å². The molecule has 0 saturated carbocycles. The molecule has 84 valence electrons. The number of quaternary nitrogens is 1. The van der Waals surface area contributed by atoms with Gasteiger partial charge in [-0.25, -0.2) is 0 Å². The molecule has 15 heavy (non-hydrogen) atoms. The van der Waals surface area contributed by atoms with Crippen molar-refractivity contribution in [2.75, 3.05) is 19.0 Å². The van der Waals surface area contributed by atoms with Crippen LogP contribution in [0.15, 0.2) is 24.3 Å². The van der Waals surface area contributed by atoms with Crippen molar-refractivity contribution in [1.82, 2.24) is 0 Å². The molecule has 0 aliphatic rings. The maximum absolute atomic E-state index is 2.39. The van der Waals surface area contributed by atoms with Crippen LogP contribution in [0.2, 0.25) is 0 Å². The standard InChI is InChI=1S/C13H22N2/c1-5-11(2)14-10-12-6-8-13(9-7-12)15(3)4/h6-9,11,14H,5,10H2,1-4H3/p+1/t11-/m1/s1. The number of benzene rings is 1. The first-order valence-electron chi connectivity index (χ1n) is 5.73. The van der Waals surface area contributed by atoms with Crippen LogP contribution >= 0.6 is 0 Å². The number of nitrogens with two attached hydrogens (primary N) is 1. The minimum atomic E-state index is 0.721. The summed E-state index contributed by atoms with van der Waals surface area (Å²) in [6, 6.07) is 9.51. The van der Waals surface area contributed by atoms with Crippen LogP contribution in [0.25, 0.3) is 0 Å². The molecule has 0 aliphatic carbocycles. The van der Waals surface area contributed by atoms with Crippen LogP contribution < -0.4 is 10.2 Å². The van der Waals surface area contributed by atoms with Gasteiger partial charge < -0.3 is 10.2 Å². The molecule has 1 aromatic carbocycles. The SMILES string of the molecule is CC[C@@H](C)[NH2+]Cc1ccc(N(C)C)cc1. The normalized spacial score (nSPS) is 12.5. The number of hydrogen-bond donors (Lipinski definition) is 1. The van der Waals surface area contributed by atoms with Crippen LogP contribution in [-0.2, 0) is 6.54 Å². The van der Waals surface area contributed by atoms with Crippen LogP contribution in [0.4, 0.5) is 5.69 Å². The van der Waals surface area contributed by atoms with Crippen molar-refractivity contribution < 1.29 is 5.32 Å². The van der Waals surface area contributed by atoms with Gasteiger partial charge in [-0.05, 0) is 25.5 Å². The van der Waals surface area contributed by atoms with E-state index in [1.54, 1.807) is 0 Å². The summed E-state index contributed by atoms with van der Waals surface area (Å²) in [5, 5.41) is 2.39. The zero-order chi connectivity index (χ0) is 11.3. The van der Waals surface area contributed by atoms with Crippen LogP contribution in [0.5, 0.6) is 0 Å². The van der Waals surface area contributed by atoms with E-state index in [0.717, 1.165) is 12.6 Å². The number of rotatable bonds is 5. The van der Waals surface area contributed by atoms with Crippen molar-refractivity contribution >= 4 is 5.69 Å². The Balaban J connectivity index is 2.50. The van der Waals surface area contributed by atoms with Crippen molar-refractivity contribution in [3.8, 4) is 0 Å². The van der Waals surface area contributed by atoms with E-state index in [1.165, 1.54) is 17.7 Å². The molecule has 2 N–H and O–H groups in total. The highest BCUT2D eigenvalue weighted by atomic mass is 15.1. The van der Waals surface area contributed by atoms with Crippen LogP contribution in [0, 0.1) is 0 Å². The zero-order valence-electron chi connectivity index (χ0n) is 10.3. The summed E-state index contributed by atoms with van der Waals surface area (Å²) < 4.78 is 0. The van der Waals surface area contributed by atoms with Crippen molar-refractivity contribution in [2.24, 2.45) is 0 Å². The van der Waals surface area contributed by atoms with E-state index in [9.17, 15) is 0 Å². The first-order valence-corrected chi connectivity index (χ1v) is 5.73. The lowest BCUT2D eigenvalue weighted by molar-refractivity contribution is -0.701. The fourth-order valence-electron chi connectivity index (χ4n) is 1.43. The first-order chi connectivity index (χ1) is 7.13. The molecular weight excluding hydrogens is 184 g/mol. The minimum absolute atomic E-state index is 0.721. The van der Waals surface area contributed by atoms with Gasteiger partial charge in [-0.3, -0.25) is 0 Å². The van der Waals surface area contributed by atoms with Crippen molar-refractivity contribution in [2.45, 2.75) is 32.9 Å². The molecule has 2 heteroatoms. The largest absolute Gasteiger partial charge is 0.378 e. The molecule has 0 spiro atoms. The molecule has 0 radical (unpaired) electrons. The van der Waals surface area contributed by atoms with E-state index < -0.39 is 0 Å². The van der Waals surface area contributed by atoms with Gasteiger partial charge in [-0.2, -0.15) is 0 Å². The summed E-state index contributed by atoms with van der Waals surface area (Å²) in [7, 11) is 4.14. The third kappa shape index (κ3) is 3.92. The number of hydrogen-bond acceptors (Lipinski definition) is 1. The molecule has 2 nitrogen and oxygen atoms in total. The second-order valence-electron chi connectivity index (χ2n) is 4.39. The van der Waals surface area contributed by atoms with Crippen molar-refractivity contribution in [3.63, 3.8) is 0 Å². The Morgan fingerprint density at radius 2 is 1.80 bits per heavy atom. The predicted molar refractivity (Wildman–Crippen MR) is 66.2 cm³/mol. The first kappa shape index (κ1) is 12.1. The maximum atomic E-state index is 2.39. The smallest absolute Gasteiger partial charge is 0.101 e. The van der Waals surface area contributed by atoms with Gasteiger partial charge in [0, 0.05) is 25.3 Å². The highest BCUT2D eigenvalue weighted by Crippen LogP contribution is 2.11. The Bertz CT molecular complexity index is 277. The summed E-state index contributed by atoms with van der Waals surface area (Å²) in [6.45, 7) is 5.59. The van der Waals surface area contributed by atoms with E-state index in [2.05, 4.69) is 62.4 Å². The Labute approximate surface area is 93.3 Å². The molecule has 0 aliphatic heterocycles. The summed E-state index contributed by atoms with van der Waals surface area (Å²) in [4.78, 5) is 2.13.